The number of nitriles is 1. The van der Waals surface area contributed by atoms with E-state index in [1.807, 2.05) is 43.9 Å². The number of pyridine rings is 1. The molecule has 0 bridgehead atoms. The van der Waals surface area contributed by atoms with Crippen molar-refractivity contribution in [2.45, 2.75) is 6.54 Å². The molecule has 0 aliphatic carbocycles. The first kappa shape index (κ1) is 23.3. The number of halogens is 1. The summed E-state index contributed by atoms with van der Waals surface area (Å²) in [5, 5.41) is 16.0. The fourth-order valence-electron chi connectivity index (χ4n) is 4.15. The third kappa shape index (κ3) is 3.99. The van der Waals surface area contributed by atoms with E-state index in [-0.39, 0.29) is 17.2 Å². The maximum atomic E-state index is 13.6. The lowest BCUT2D eigenvalue weighted by molar-refractivity contribution is 0.641. The standard InChI is InChI=1S/C25H22ClN9O/c1-32(2)14-29-25-30-23-21(24(36)34(25)4)22(20-9-15(11-27)12-33(20)3)35(31-23)13-16-7-8-28-19-6-5-17(26)10-18(16)19/h5-10,12,14H,13H2,1-4H3/b29-14-. The van der Waals surface area contributed by atoms with Crippen molar-refractivity contribution in [1.82, 2.24) is 33.8 Å². The lowest BCUT2D eigenvalue weighted by Gasteiger charge is -2.11. The highest BCUT2D eigenvalue weighted by atomic mass is 35.5. The van der Waals surface area contributed by atoms with Gasteiger partial charge >= 0.3 is 0 Å². The Balaban J connectivity index is 1.79. The number of hydrogen-bond donors (Lipinski definition) is 0. The van der Waals surface area contributed by atoms with Crippen LogP contribution in [0.4, 0.5) is 5.95 Å². The van der Waals surface area contributed by atoms with Crippen molar-refractivity contribution in [3.8, 4) is 17.5 Å². The van der Waals surface area contributed by atoms with Gasteiger partial charge in [-0.1, -0.05) is 11.6 Å². The first-order valence-corrected chi connectivity index (χ1v) is 11.4. The maximum absolute atomic E-state index is 13.6. The van der Waals surface area contributed by atoms with Crippen molar-refractivity contribution in [2.24, 2.45) is 19.1 Å². The molecule has 4 aromatic heterocycles. The van der Waals surface area contributed by atoms with Gasteiger partial charge in [0.05, 0.1) is 29.7 Å². The third-order valence-corrected chi connectivity index (χ3v) is 6.09. The zero-order valence-corrected chi connectivity index (χ0v) is 20.9. The second-order valence-corrected chi connectivity index (χ2v) is 9.09. The van der Waals surface area contributed by atoms with Crippen LogP contribution in [0.3, 0.4) is 0 Å². The van der Waals surface area contributed by atoms with Gasteiger partial charge in [0.2, 0.25) is 5.95 Å². The SMILES string of the molecule is CN(C)/C=N\c1nc2nn(Cc3ccnc4ccc(Cl)cc34)c(-c3cc(C#N)cn3C)c2c(=O)n1C. The first-order valence-electron chi connectivity index (χ1n) is 11.0. The van der Waals surface area contributed by atoms with Crippen molar-refractivity contribution >= 4 is 45.8 Å². The van der Waals surface area contributed by atoms with Crippen LogP contribution < -0.4 is 5.56 Å². The van der Waals surface area contributed by atoms with E-state index >= 15 is 0 Å². The summed E-state index contributed by atoms with van der Waals surface area (Å²) in [6.45, 7) is 0.331. The quantitative estimate of drug-likeness (QED) is 0.270. The van der Waals surface area contributed by atoms with Crippen molar-refractivity contribution < 1.29 is 0 Å². The number of benzene rings is 1. The summed E-state index contributed by atoms with van der Waals surface area (Å²) < 4.78 is 4.95. The molecule has 1 aromatic carbocycles. The van der Waals surface area contributed by atoms with Gasteiger partial charge in [-0.3, -0.25) is 19.0 Å². The molecule has 0 atom stereocenters. The first-order chi connectivity index (χ1) is 17.3. The van der Waals surface area contributed by atoms with E-state index in [1.54, 1.807) is 47.5 Å². The van der Waals surface area contributed by atoms with Crippen molar-refractivity contribution in [2.75, 3.05) is 14.1 Å². The molecular formula is C25H22ClN9O. The number of aryl methyl sites for hydroxylation is 1. The van der Waals surface area contributed by atoms with E-state index in [2.05, 4.69) is 21.0 Å². The van der Waals surface area contributed by atoms with Gasteiger partial charge in [0, 0.05) is 51.0 Å². The number of nitrogens with zero attached hydrogens (tertiary/aromatic N) is 9. The Morgan fingerprint density at radius 2 is 2.03 bits per heavy atom. The maximum Gasteiger partial charge on any atom is 0.266 e. The number of rotatable bonds is 5. The van der Waals surface area contributed by atoms with E-state index < -0.39 is 0 Å². The Bertz CT molecular complexity index is 1770. The Morgan fingerprint density at radius 1 is 1.22 bits per heavy atom. The van der Waals surface area contributed by atoms with Crippen LogP contribution in [0.15, 0.2) is 52.5 Å². The van der Waals surface area contributed by atoms with E-state index in [4.69, 9.17) is 16.7 Å². The molecule has 5 aromatic rings. The zero-order valence-electron chi connectivity index (χ0n) is 20.1. The van der Waals surface area contributed by atoms with Crippen LogP contribution in [0.5, 0.6) is 0 Å². The second kappa shape index (κ2) is 8.94. The molecule has 180 valence electrons. The molecule has 0 saturated carbocycles. The smallest absolute Gasteiger partial charge is 0.266 e. The molecule has 0 unspecified atom stereocenters. The van der Waals surface area contributed by atoms with Gasteiger partial charge in [0.15, 0.2) is 5.65 Å². The molecule has 36 heavy (non-hydrogen) atoms. The van der Waals surface area contributed by atoms with Crippen molar-refractivity contribution in [3.05, 3.63) is 69.2 Å². The third-order valence-electron chi connectivity index (χ3n) is 5.85. The van der Waals surface area contributed by atoms with Crippen LogP contribution in [0, 0.1) is 11.3 Å². The molecule has 0 amide bonds. The van der Waals surface area contributed by atoms with Gasteiger partial charge in [-0.25, -0.2) is 4.99 Å². The van der Waals surface area contributed by atoms with Gasteiger partial charge < -0.3 is 9.47 Å². The van der Waals surface area contributed by atoms with Gasteiger partial charge in [0.25, 0.3) is 5.56 Å². The summed E-state index contributed by atoms with van der Waals surface area (Å²) in [5.41, 5.74) is 3.44. The summed E-state index contributed by atoms with van der Waals surface area (Å²) in [7, 11) is 7.12. The van der Waals surface area contributed by atoms with Crippen LogP contribution in [-0.4, -0.2) is 54.2 Å². The van der Waals surface area contributed by atoms with Crippen LogP contribution in [0.2, 0.25) is 5.02 Å². The lowest BCUT2D eigenvalue weighted by Crippen LogP contribution is -2.19. The van der Waals surface area contributed by atoms with Crippen LogP contribution in [-0.2, 0) is 20.6 Å². The number of aromatic nitrogens is 6. The highest BCUT2D eigenvalue weighted by molar-refractivity contribution is 6.31. The summed E-state index contributed by atoms with van der Waals surface area (Å²) in [5.74, 6) is 0.239. The molecule has 0 spiro atoms. The molecule has 0 aliphatic heterocycles. The second-order valence-electron chi connectivity index (χ2n) is 8.66. The predicted molar refractivity (Wildman–Crippen MR) is 140 cm³/mol. The van der Waals surface area contributed by atoms with Crippen LogP contribution >= 0.6 is 11.6 Å². The predicted octanol–water partition coefficient (Wildman–Crippen LogP) is 3.48. The minimum absolute atomic E-state index is 0.239. The Kier molecular flexibility index (Phi) is 5.78. The lowest BCUT2D eigenvalue weighted by atomic mass is 10.1. The Labute approximate surface area is 211 Å². The fraction of sp³-hybridized carbons (Fsp3) is 0.200. The van der Waals surface area contributed by atoms with Gasteiger partial charge in [-0.05, 0) is 35.9 Å². The van der Waals surface area contributed by atoms with Crippen molar-refractivity contribution in [3.63, 3.8) is 0 Å². The highest BCUT2D eigenvalue weighted by Gasteiger charge is 2.23. The number of aliphatic imine (C=N–C) groups is 1. The van der Waals surface area contributed by atoms with E-state index in [0.717, 1.165) is 16.5 Å². The molecule has 0 aliphatic rings. The zero-order chi connectivity index (χ0) is 25.6. The molecule has 5 rings (SSSR count). The largest absolute Gasteiger partial charge is 0.369 e. The molecular weight excluding hydrogens is 478 g/mol. The van der Waals surface area contributed by atoms with E-state index in [9.17, 15) is 10.1 Å². The van der Waals surface area contributed by atoms with Crippen LogP contribution in [0.1, 0.15) is 11.1 Å². The summed E-state index contributed by atoms with van der Waals surface area (Å²) in [4.78, 5) is 28.7. The Hall–Kier alpha value is -4.49. The molecule has 11 heteroatoms. The molecule has 0 fully saturated rings. The molecule has 0 N–H and O–H groups in total. The minimum Gasteiger partial charge on any atom is -0.369 e. The van der Waals surface area contributed by atoms with Gasteiger partial charge in [-0.2, -0.15) is 15.3 Å². The number of fused-ring (bicyclic) bond motifs is 2. The van der Waals surface area contributed by atoms with Gasteiger partial charge in [-0.15, -0.1) is 0 Å². The Morgan fingerprint density at radius 3 is 2.75 bits per heavy atom. The van der Waals surface area contributed by atoms with Crippen molar-refractivity contribution in [1.29, 1.82) is 5.26 Å². The monoisotopic (exact) mass is 499 g/mol. The fourth-order valence-corrected chi connectivity index (χ4v) is 4.32. The minimum atomic E-state index is -0.283. The van der Waals surface area contributed by atoms with Gasteiger partial charge in [0.1, 0.15) is 17.1 Å². The summed E-state index contributed by atoms with van der Waals surface area (Å²) >= 11 is 6.28. The summed E-state index contributed by atoms with van der Waals surface area (Å²) in [6, 6.07) is 11.3. The molecule has 0 saturated heterocycles. The summed E-state index contributed by atoms with van der Waals surface area (Å²) in [6.07, 6.45) is 5.03. The van der Waals surface area contributed by atoms with Crippen LogP contribution in [0.25, 0.3) is 33.3 Å². The normalized spacial score (nSPS) is 11.6. The average Bonchev–Trinajstić information content (AvgIpc) is 3.40. The van der Waals surface area contributed by atoms with E-state index in [1.165, 1.54) is 4.57 Å². The van der Waals surface area contributed by atoms with E-state index in [0.29, 0.717) is 33.9 Å². The topological polar surface area (TPSA) is 110 Å². The molecule has 0 radical (unpaired) electrons. The number of hydrogen-bond acceptors (Lipinski definition) is 6. The highest BCUT2D eigenvalue weighted by Crippen LogP contribution is 2.30. The molecule has 10 nitrogen and oxygen atoms in total. The molecule has 4 heterocycles. The average molecular weight is 500 g/mol.